The SMILES string of the molecule is C=C(C)C(=O)OCCOC1(C)c2ccccc2C=Cc2ccccc21. The lowest BCUT2D eigenvalue weighted by molar-refractivity contribution is -0.142. The lowest BCUT2D eigenvalue weighted by Crippen LogP contribution is -2.30. The summed E-state index contributed by atoms with van der Waals surface area (Å²) in [4.78, 5) is 11.5. The van der Waals surface area contributed by atoms with Crippen molar-refractivity contribution in [3.63, 3.8) is 0 Å². The fourth-order valence-corrected chi connectivity index (χ4v) is 3.14. The Balaban J connectivity index is 1.89. The molecular formula is C22H22O3. The van der Waals surface area contributed by atoms with Crippen LogP contribution in [0.1, 0.15) is 36.1 Å². The highest BCUT2D eigenvalue weighted by atomic mass is 16.6. The van der Waals surface area contributed by atoms with Gasteiger partial charge in [0.15, 0.2) is 0 Å². The standard InChI is InChI=1S/C22H22O3/c1-16(2)21(23)24-14-15-25-22(3)19-10-6-4-8-17(19)12-13-18-9-5-7-11-20(18)22/h4-13H,1,14-15H2,2-3H3. The number of rotatable bonds is 5. The van der Waals surface area contributed by atoms with E-state index >= 15 is 0 Å². The van der Waals surface area contributed by atoms with Crippen LogP contribution in [0.25, 0.3) is 12.2 Å². The van der Waals surface area contributed by atoms with Crippen LogP contribution in [0, 0.1) is 0 Å². The summed E-state index contributed by atoms with van der Waals surface area (Å²) in [5, 5.41) is 0. The minimum atomic E-state index is -0.619. The van der Waals surface area contributed by atoms with Crippen molar-refractivity contribution in [2.75, 3.05) is 13.2 Å². The summed E-state index contributed by atoms with van der Waals surface area (Å²) in [7, 11) is 0. The van der Waals surface area contributed by atoms with E-state index in [0.29, 0.717) is 12.2 Å². The second kappa shape index (κ2) is 7.08. The molecule has 0 aromatic heterocycles. The van der Waals surface area contributed by atoms with E-state index in [0.717, 1.165) is 22.3 Å². The molecular weight excluding hydrogens is 312 g/mol. The quantitative estimate of drug-likeness (QED) is 0.456. The monoisotopic (exact) mass is 334 g/mol. The number of fused-ring (bicyclic) bond motifs is 2. The average molecular weight is 334 g/mol. The number of ether oxygens (including phenoxy) is 2. The van der Waals surface area contributed by atoms with Crippen molar-refractivity contribution in [1.82, 2.24) is 0 Å². The zero-order valence-corrected chi connectivity index (χ0v) is 14.6. The molecule has 2 aromatic carbocycles. The molecule has 0 atom stereocenters. The molecule has 0 saturated carbocycles. The minimum absolute atomic E-state index is 0.193. The summed E-state index contributed by atoms with van der Waals surface area (Å²) in [5.41, 5.74) is 4.22. The van der Waals surface area contributed by atoms with Gasteiger partial charge in [0.25, 0.3) is 0 Å². The summed E-state index contributed by atoms with van der Waals surface area (Å²) < 4.78 is 11.5. The van der Waals surface area contributed by atoms with Crippen molar-refractivity contribution >= 4 is 18.1 Å². The van der Waals surface area contributed by atoms with E-state index in [9.17, 15) is 4.79 Å². The lowest BCUT2D eigenvalue weighted by Gasteiger charge is -2.32. The number of esters is 1. The molecule has 0 amide bonds. The highest BCUT2D eigenvalue weighted by Gasteiger charge is 2.34. The zero-order valence-electron chi connectivity index (χ0n) is 14.6. The molecule has 3 rings (SSSR count). The smallest absolute Gasteiger partial charge is 0.333 e. The third-order valence-corrected chi connectivity index (χ3v) is 4.45. The van der Waals surface area contributed by atoms with Gasteiger partial charge < -0.3 is 9.47 Å². The van der Waals surface area contributed by atoms with Gasteiger partial charge in [-0.15, -0.1) is 0 Å². The van der Waals surface area contributed by atoms with Gasteiger partial charge in [-0.25, -0.2) is 4.79 Å². The van der Waals surface area contributed by atoms with Gasteiger partial charge in [0.05, 0.1) is 6.61 Å². The van der Waals surface area contributed by atoms with Crippen LogP contribution in [0.15, 0.2) is 60.7 Å². The van der Waals surface area contributed by atoms with Gasteiger partial charge in [-0.05, 0) is 36.1 Å². The molecule has 0 radical (unpaired) electrons. The second-order valence-corrected chi connectivity index (χ2v) is 6.31. The van der Waals surface area contributed by atoms with Gasteiger partial charge in [0, 0.05) is 5.57 Å². The summed E-state index contributed by atoms with van der Waals surface area (Å²) in [5.74, 6) is -0.392. The lowest BCUT2D eigenvalue weighted by atomic mass is 9.84. The number of carbonyl (C=O) groups excluding carboxylic acids is 1. The molecule has 3 nitrogen and oxygen atoms in total. The Bertz CT molecular complexity index is 783. The first kappa shape index (κ1) is 17.2. The Kier molecular flexibility index (Phi) is 4.86. The van der Waals surface area contributed by atoms with E-state index in [2.05, 4.69) is 49.9 Å². The van der Waals surface area contributed by atoms with E-state index in [-0.39, 0.29) is 6.61 Å². The first-order valence-electron chi connectivity index (χ1n) is 8.36. The van der Waals surface area contributed by atoms with Crippen LogP contribution in [0.4, 0.5) is 0 Å². The van der Waals surface area contributed by atoms with Crippen molar-refractivity contribution in [2.24, 2.45) is 0 Å². The first-order valence-corrected chi connectivity index (χ1v) is 8.36. The molecule has 0 heterocycles. The van der Waals surface area contributed by atoms with Gasteiger partial charge in [0.1, 0.15) is 12.2 Å². The highest BCUT2D eigenvalue weighted by Crippen LogP contribution is 2.40. The van der Waals surface area contributed by atoms with Crippen LogP contribution in [0.3, 0.4) is 0 Å². The van der Waals surface area contributed by atoms with Crippen LogP contribution in [-0.4, -0.2) is 19.2 Å². The van der Waals surface area contributed by atoms with Crippen LogP contribution < -0.4 is 0 Å². The van der Waals surface area contributed by atoms with Crippen molar-refractivity contribution in [3.8, 4) is 0 Å². The highest BCUT2D eigenvalue weighted by molar-refractivity contribution is 5.86. The van der Waals surface area contributed by atoms with E-state index in [1.54, 1.807) is 6.92 Å². The zero-order chi connectivity index (χ0) is 17.9. The summed E-state index contributed by atoms with van der Waals surface area (Å²) in [6, 6.07) is 16.4. The maximum atomic E-state index is 11.5. The molecule has 0 saturated heterocycles. The third-order valence-electron chi connectivity index (χ3n) is 4.45. The van der Waals surface area contributed by atoms with Crippen molar-refractivity contribution < 1.29 is 14.3 Å². The van der Waals surface area contributed by atoms with Crippen LogP contribution in [0.2, 0.25) is 0 Å². The summed E-state index contributed by atoms with van der Waals surface area (Å²) in [6.07, 6.45) is 4.23. The topological polar surface area (TPSA) is 35.5 Å². The fourth-order valence-electron chi connectivity index (χ4n) is 3.14. The van der Waals surface area contributed by atoms with E-state index in [4.69, 9.17) is 9.47 Å². The molecule has 0 N–H and O–H groups in total. The van der Waals surface area contributed by atoms with Crippen LogP contribution in [-0.2, 0) is 19.9 Å². The Morgan fingerprint density at radius 2 is 1.48 bits per heavy atom. The average Bonchev–Trinajstić information content (AvgIpc) is 2.75. The Labute approximate surface area is 148 Å². The van der Waals surface area contributed by atoms with Gasteiger partial charge in [-0.1, -0.05) is 67.3 Å². The van der Waals surface area contributed by atoms with Crippen LogP contribution in [0.5, 0.6) is 0 Å². The maximum Gasteiger partial charge on any atom is 0.333 e. The number of benzene rings is 2. The Hall–Kier alpha value is -2.65. The van der Waals surface area contributed by atoms with Gasteiger partial charge in [-0.3, -0.25) is 0 Å². The molecule has 128 valence electrons. The largest absolute Gasteiger partial charge is 0.460 e. The number of carbonyl (C=O) groups is 1. The molecule has 0 spiro atoms. The van der Waals surface area contributed by atoms with Gasteiger partial charge in [0.2, 0.25) is 0 Å². The summed E-state index contributed by atoms with van der Waals surface area (Å²) >= 11 is 0. The maximum absolute atomic E-state index is 11.5. The molecule has 25 heavy (non-hydrogen) atoms. The van der Waals surface area contributed by atoms with Crippen molar-refractivity contribution in [3.05, 3.63) is 82.9 Å². The molecule has 0 fully saturated rings. The molecule has 0 aliphatic heterocycles. The molecule has 0 unspecified atom stereocenters. The normalized spacial score (nSPS) is 14.2. The van der Waals surface area contributed by atoms with E-state index < -0.39 is 11.6 Å². The summed E-state index contributed by atoms with van der Waals surface area (Å²) in [6.45, 7) is 7.78. The molecule has 3 heteroatoms. The Morgan fingerprint density at radius 1 is 0.960 bits per heavy atom. The predicted octanol–water partition coefficient (Wildman–Crippen LogP) is 4.57. The first-order chi connectivity index (χ1) is 12.0. The van der Waals surface area contributed by atoms with E-state index in [1.165, 1.54) is 0 Å². The molecule has 1 aliphatic carbocycles. The fraction of sp³-hybridized carbons (Fsp3) is 0.227. The van der Waals surface area contributed by atoms with Crippen molar-refractivity contribution in [1.29, 1.82) is 0 Å². The molecule has 1 aliphatic rings. The molecule has 0 bridgehead atoms. The minimum Gasteiger partial charge on any atom is -0.460 e. The van der Waals surface area contributed by atoms with E-state index in [1.807, 2.05) is 24.3 Å². The predicted molar refractivity (Wildman–Crippen MR) is 100.0 cm³/mol. The van der Waals surface area contributed by atoms with Gasteiger partial charge >= 0.3 is 5.97 Å². The third kappa shape index (κ3) is 3.42. The van der Waals surface area contributed by atoms with Gasteiger partial charge in [-0.2, -0.15) is 0 Å². The molecule has 2 aromatic rings. The van der Waals surface area contributed by atoms with Crippen LogP contribution >= 0.6 is 0 Å². The van der Waals surface area contributed by atoms with Crippen molar-refractivity contribution in [2.45, 2.75) is 19.4 Å². The number of hydrogen-bond acceptors (Lipinski definition) is 3. The number of hydrogen-bond donors (Lipinski definition) is 0. The second-order valence-electron chi connectivity index (χ2n) is 6.31. The Morgan fingerprint density at radius 3 is 2.00 bits per heavy atom.